The molecule has 0 fully saturated rings. The molecule has 0 N–H and O–H groups in total. The molecule has 0 amide bonds. The summed E-state index contributed by atoms with van der Waals surface area (Å²) >= 11 is -2.03. The Hall–Kier alpha value is -1.24. The molecular formula is C12H10OSe. The average Bonchev–Trinajstić information content (AvgIpc) is 2.30. The molecule has 1 nitrogen and oxygen atoms in total. The van der Waals surface area contributed by atoms with Crippen LogP contribution in [0.25, 0.3) is 0 Å². The van der Waals surface area contributed by atoms with Gasteiger partial charge in [-0.05, 0) is 0 Å². The first-order chi connectivity index (χ1) is 6.88. The molecule has 0 spiro atoms. The summed E-state index contributed by atoms with van der Waals surface area (Å²) in [4.78, 5) is 0. The molecule has 0 aromatic heterocycles. The summed E-state index contributed by atoms with van der Waals surface area (Å²) in [6.45, 7) is 0. The van der Waals surface area contributed by atoms with Crippen molar-refractivity contribution in [3.63, 3.8) is 0 Å². The van der Waals surface area contributed by atoms with Gasteiger partial charge in [-0.1, -0.05) is 0 Å². The summed E-state index contributed by atoms with van der Waals surface area (Å²) in [6.07, 6.45) is 0. The van der Waals surface area contributed by atoms with Crippen molar-refractivity contribution in [1.29, 1.82) is 0 Å². The summed E-state index contributed by atoms with van der Waals surface area (Å²) < 4.78 is 13.9. The van der Waals surface area contributed by atoms with Crippen LogP contribution in [0.4, 0.5) is 0 Å². The number of hydrogen-bond donors (Lipinski definition) is 0. The molecule has 0 aliphatic carbocycles. The normalized spacial score (nSPS) is 10.4. The maximum absolute atomic E-state index is 12.1. The SMILES string of the molecule is O=[Se](c1ccccc1)c1ccccc1. The molecule has 70 valence electrons. The Balaban J connectivity index is 2.35. The van der Waals surface area contributed by atoms with E-state index in [1.54, 1.807) is 0 Å². The molecule has 2 aromatic carbocycles. The Morgan fingerprint density at radius 2 is 1.00 bits per heavy atom. The topological polar surface area (TPSA) is 17.1 Å². The molecule has 0 aliphatic rings. The first-order valence-electron chi connectivity index (χ1n) is 4.40. The van der Waals surface area contributed by atoms with Crippen molar-refractivity contribution in [1.82, 2.24) is 0 Å². The molecule has 0 aliphatic heterocycles. The van der Waals surface area contributed by atoms with Gasteiger partial charge in [0, 0.05) is 0 Å². The Bertz CT molecular complexity index is 381. The zero-order valence-corrected chi connectivity index (χ0v) is 9.30. The van der Waals surface area contributed by atoms with Gasteiger partial charge in [0.15, 0.2) is 0 Å². The zero-order chi connectivity index (χ0) is 9.80. The zero-order valence-electron chi connectivity index (χ0n) is 7.59. The second-order valence-corrected chi connectivity index (χ2v) is 6.00. The second kappa shape index (κ2) is 4.32. The van der Waals surface area contributed by atoms with E-state index in [0.717, 1.165) is 8.92 Å². The maximum atomic E-state index is 12.1. The minimum atomic E-state index is -2.03. The second-order valence-electron chi connectivity index (χ2n) is 2.89. The molecule has 0 saturated carbocycles. The molecule has 0 radical (unpaired) electrons. The van der Waals surface area contributed by atoms with E-state index in [2.05, 4.69) is 0 Å². The third kappa shape index (κ3) is 1.98. The predicted molar refractivity (Wildman–Crippen MR) is 58.6 cm³/mol. The van der Waals surface area contributed by atoms with Crippen LogP contribution < -0.4 is 8.92 Å². The number of benzene rings is 2. The Morgan fingerprint density at radius 3 is 1.36 bits per heavy atom. The van der Waals surface area contributed by atoms with Crippen molar-refractivity contribution < 1.29 is 3.83 Å². The van der Waals surface area contributed by atoms with Crippen LogP contribution in [-0.2, 0) is 3.83 Å². The van der Waals surface area contributed by atoms with E-state index in [1.807, 2.05) is 60.7 Å². The molecule has 0 heterocycles. The summed E-state index contributed by atoms with van der Waals surface area (Å²) in [5.41, 5.74) is 0. The van der Waals surface area contributed by atoms with E-state index in [4.69, 9.17) is 0 Å². The van der Waals surface area contributed by atoms with Gasteiger partial charge in [0.2, 0.25) is 0 Å². The van der Waals surface area contributed by atoms with Crippen LogP contribution in [0.15, 0.2) is 60.7 Å². The fourth-order valence-corrected chi connectivity index (χ4v) is 3.49. The van der Waals surface area contributed by atoms with Gasteiger partial charge in [0.05, 0.1) is 0 Å². The van der Waals surface area contributed by atoms with Crippen molar-refractivity contribution in [3.8, 4) is 0 Å². The van der Waals surface area contributed by atoms with Crippen molar-refractivity contribution in [2.24, 2.45) is 0 Å². The van der Waals surface area contributed by atoms with Crippen LogP contribution in [-0.4, -0.2) is 13.8 Å². The van der Waals surface area contributed by atoms with E-state index in [1.165, 1.54) is 0 Å². The molecule has 2 rings (SSSR count). The molecular weight excluding hydrogens is 239 g/mol. The Labute approximate surface area is 87.5 Å². The molecule has 0 unspecified atom stereocenters. The molecule has 2 heteroatoms. The van der Waals surface area contributed by atoms with Crippen LogP contribution in [0.3, 0.4) is 0 Å². The summed E-state index contributed by atoms with van der Waals surface area (Å²) in [5.74, 6) is 0. The number of rotatable bonds is 2. The third-order valence-electron chi connectivity index (χ3n) is 1.91. The Morgan fingerprint density at radius 1 is 0.643 bits per heavy atom. The van der Waals surface area contributed by atoms with Crippen molar-refractivity contribution >= 4 is 22.8 Å². The first kappa shape index (κ1) is 9.32. The fraction of sp³-hybridized carbons (Fsp3) is 0. The molecule has 2 aromatic rings. The van der Waals surface area contributed by atoms with E-state index < -0.39 is 13.8 Å². The van der Waals surface area contributed by atoms with E-state index in [0.29, 0.717) is 0 Å². The number of hydrogen-bond acceptors (Lipinski definition) is 1. The quantitative estimate of drug-likeness (QED) is 0.731. The van der Waals surface area contributed by atoms with Gasteiger partial charge in [0.1, 0.15) is 0 Å². The third-order valence-corrected chi connectivity index (χ3v) is 4.85. The molecule has 0 saturated heterocycles. The van der Waals surface area contributed by atoms with E-state index in [9.17, 15) is 3.83 Å². The predicted octanol–water partition coefficient (Wildman–Crippen LogP) is 1.22. The molecule has 14 heavy (non-hydrogen) atoms. The average molecular weight is 249 g/mol. The van der Waals surface area contributed by atoms with Crippen molar-refractivity contribution in [2.45, 2.75) is 0 Å². The summed E-state index contributed by atoms with van der Waals surface area (Å²) in [6, 6.07) is 19.3. The van der Waals surface area contributed by atoms with Crippen LogP contribution in [0.2, 0.25) is 0 Å². The summed E-state index contributed by atoms with van der Waals surface area (Å²) in [7, 11) is 0. The minimum absolute atomic E-state index is 0.943. The van der Waals surface area contributed by atoms with Gasteiger partial charge in [-0.2, -0.15) is 0 Å². The van der Waals surface area contributed by atoms with Gasteiger partial charge in [-0.3, -0.25) is 0 Å². The Kier molecular flexibility index (Phi) is 2.87. The van der Waals surface area contributed by atoms with Crippen molar-refractivity contribution in [2.75, 3.05) is 0 Å². The van der Waals surface area contributed by atoms with Gasteiger partial charge >= 0.3 is 87.3 Å². The van der Waals surface area contributed by atoms with E-state index in [-0.39, 0.29) is 0 Å². The van der Waals surface area contributed by atoms with Crippen LogP contribution in [0.5, 0.6) is 0 Å². The van der Waals surface area contributed by atoms with Gasteiger partial charge in [-0.15, -0.1) is 0 Å². The molecule has 0 atom stereocenters. The molecule has 0 bridgehead atoms. The van der Waals surface area contributed by atoms with Crippen LogP contribution >= 0.6 is 0 Å². The van der Waals surface area contributed by atoms with Gasteiger partial charge in [-0.25, -0.2) is 0 Å². The van der Waals surface area contributed by atoms with Crippen LogP contribution in [0, 0.1) is 0 Å². The van der Waals surface area contributed by atoms with Crippen molar-refractivity contribution in [3.05, 3.63) is 60.7 Å². The summed E-state index contributed by atoms with van der Waals surface area (Å²) in [5, 5.41) is 0. The van der Waals surface area contributed by atoms with Crippen LogP contribution in [0.1, 0.15) is 0 Å². The van der Waals surface area contributed by atoms with Gasteiger partial charge in [0.25, 0.3) is 0 Å². The van der Waals surface area contributed by atoms with Gasteiger partial charge < -0.3 is 0 Å². The monoisotopic (exact) mass is 250 g/mol. The van der Waals surface area contributed by atoms with E-state index >= 15 is 0 Å². The fourth-order valence-electron chi connectivity index (χ4n) is 1.22. The first-order valence-corrected chi connectivity index (χ1v) is 6.81. The standard InChI is InChI=1S/C12H10OSe/c13-14(11-7-3-1-4-8-11)12-9-5-2-6-10-12/h1-10H.